The normalized spacial score (nSPS) is 20.9. The quantitative estimate of drug-likeness (QED) is 0.656. The zero-order valence-electron chi connectivity index (χ0n) is 19.5. The Morgan fingerprint density at radius 2 is 1.50 bits per heavy atom. The maximum absolute atomic E-state index is 13.5. The third-order valence-corrected chi connectivity index (χ3v) is 9.32. The van der Waals surface area contributed by atoms with Crippen LogP contribution >= 0.6 is 0 Å². The Hall–Kier alpha value is -2.72. The van der Waals surface area contributed by atoms with E-state index in [1.54, 1.807) is 16.4 Å². The number of rotatable bonds is 4. The van der Waals surface area contributed by atoms with Gasteiger partial charge in [-0.2, -0.15) is 9.29 Å². The summed E-state index contributed by atoms with van der Waals surface area (Å²) in [5.41, 5.74) is 3.84. The van der Waals surface area contributed by atoms with Crippen LogP contribution in [-0.4, -0.2) is 74.4 Å². The first-order chi connectivity index (χ1) is 16.4. The van der Waals surface area contributed by atoms with E-state index in [1.807, 2.05) is 17.9 Å². The number of nitrogens with zero attached hydrogens (tertiary/aromatic N) is 6. The first kappa shape index (κ1) is 21.8. The van der Waals surface area contributed by atoms with Crippen molar-refractivity contribution in [2.75, 3.05) is 60.5 Å². The maximum Gasteiger partial charge on any atom is 0.243 e. The Kier molecular flexibility index (Phi) is 5.25. The highest BCUT2D eigenvalue weighted by atomic mass is 32.2. The highest BCUT2D eigenvalue weighted by Gasteiger charge is 2.35. The monoisotopic (exact) mass is 482 g/mol. The minimum Gasteiger partial charge on any atom is -0.356 e. The van der Waals surface area contributed by atoms with Crippen molar-refractivity contribution in [3.8, 4) is 0 Å². The fourth-order valence-electron chi connectivity index (χ4n) is 5.64. The van der Waals surface area contributed by atoms with Crippen molar-refractivity contribution in [2.24, 2.45) is 0 Å². The maximum atomic E-state index is 13.5. The van der Waals surface area contributed by atoms with E-state index in [1.165, 1.54) is 12.8 Å². The predicted molar refractivity (Wildman–Crippen MR) is 130 cm³/mol. The van der Waals surface area contributed by atoms with Gasteiger partial charge in [-0.1, -0.05) is 0 Å². The summed E-state index contributed by atoms with van der Waals surface area (Å²) < 4.78 is 28.6. The Morgan fingerprint density at radius 1 is 0.794 bits per heavy atom. The van der Waals surface area contributed by atoms with E-state index in [2.05, 4.69) is 14.8 Å². The van der Waals surface area contributed by atoms with Crippen LogP contribution in [0.3, 0.4) is 0 Å². The van der Waals surface area contributed by atoms with Crippen molar-refractivity contribution in [3.05, 3.63) is 35.0 Å². The summed E-state index contributed by atoms with van der Waals surface area (Å²) in [4.78, 5) is 28.2. The SMILES string of the molecule is Cc1cc(N2CCCC2)nc(N2CCN(S(=O)(=O)c3cc4c5c(c3)CCN5C(=O)CC4)CC2)n1. The molecule has 4 aliphatic rings. The van der Waals surface area contributed by atoms with Gasteiger partial charge in [-0.15, -0.1) is 0 Å². The van der Waals surface area contributed by atoms with Crippen molar-refractivity contribution in [1.29, 1.82) is 0 Å². The number of anilines is 3. The molecule has 0 N–H and O–H groups in total. The van der Waals surface area contributed by atoms with Gasteiger partial charge < -0.3 is 14.7 Å². The van der Waals surface area contributed by atoms with Crippen molar-refractivity contribution in [1.82, 2.24) is 14.3 Å². The lowest BCUT2D eigenvalue weighted by Gasteiger charge is -2.34. The highest BCUT2D eigenvalue weighted by Crippen LogP contribution is 2.39. The fraction of sp³-hybridized carbons (Fsp3) is 0.542. The Bertz CT molecular complexity index is 1250. The van der Waals surface area contributed by atoms with Gasteiger partial charge in [-0.05, 0) is 55.9 Å². The molecular weight excluding hydrogens is 452 g/mol. The van der Waals surface area contributed by atoms with Gasteiger partial charge in [0.15, 0.2) is 0 Å². The molecular formula is C24H30N6O3S. The van der Waals surface area contributed by atoms with E-state index in [-0.39, 0.29) is 5.91 Å². The summed E-state index contributed by atoms with van der Waals surface area (Å²) in [5, 5.41) is 0. The molecule has 4 aliphatic heterocycles. The molecule has 180 valence electrons. The third kappa shape index (κ3) is 3.63. The molecule has 2 saturated heterocycles. The first-order valence-corrected chi connectivity index (χ1v) is 13.7. The standard InChI is InChI=1S/C24H30N6O3S/c1-17-14-21(27-7-2-3-8-27)26-24(25-17)28-10-12-29(13-11-28)34(32,33)20-15-18-4-5-22(31)30-9-6-19(16-20)23(18)30/h14-16H,2-13H2,1H3. The van der Waals surface area contributed by atoms with Crippen LogP contribution in [0.5, 0.6) is 0 Å². The minimum absolute atomic E-state index is 0.143. The number of hydrogen-bond acceptors (Lipinski definition) is 7. The molecule has 0 spiro atoms. The molecule has 2 fully saturated rings. The number of benzene rings is 1. The lowest BCUT2D eigenvalue weighted by atomic mass is 10.00. The lowest BCUT2D eigenvalue weighted by molar-refractivity contribution is -0.118. The summed E-state index contributed by atoms with van der Waals surface area (Å²) in [6.07, 6.45) is 4.15. The Balaban J connectivity index is 1.20. The fourth-order valence-corrected chi connectivity index (χ4v) is 7.16. The van der Waals surface area contributed by atoms with Crippen LogP contribution in [0.15, 0.2) is 23.1 Å². The van der Waals surface area contributed by atoms with Crippen molar-refractivity contribution in [3.63, 3.8) is 0 Å². The smallest absolute Gasteiger partial charge is 0.243 e. The molecule has 6 rings (SSSR count). The minimum atomic E-state index is -3.60. The lowest BCUT2D eigenvalue weighted by Crippen LogP contribution is -2.49. The summed E-state index contributed by atoms with van der Waals surface area (Å²) >= 11 is 0. The van der Waals surface area contributed by atoms with Gasteiger partial charge in [0, 0.05) is 64.0 Å². The molecule has 0 saturated carbocycles. The molecule has 0 radical (unpaired) electrons. The highest BCUT2D eigenvalue weighted by molar-refractivity contribution is 7.89. The van der Waals surface area contributed by atoms with Gasteiger partial charge in [-0.25, -0.2) is 13.4 Å². The van der Waals surface area contributed by atoms with Crippen LogP contribution in [0.2, 0.25) is 0 Å². The molecule has 5 heterocycles. The van der Waals surface area contributed by atoms with Gasteiger partial charge >= 0.3 is 0 Å². The van der Waals surface area contributed by atoms with Crippen molar-refractivity contribution < 1.29 is 13.2 Å². The van der Waals surface area contributed by atoms with Crippen LogP contribution in [0, 0.1) is 6.92 Å². The largest absolute Gasteiger partial charge is 0.356 e. The average molecular weight is 483 g/mol. The number of aryl methyl sites for hydroxylation is 2. The molecule has 34 heavy (non-hydrogen) atoms. The molecule has 1 aromatic carbocycles. The zero-order valence-corrected chi connectivity index (χ0v) is 20.4. The van der Waals surface area contributed by atoms with Crippen LogP contribution < -0.4 is 14.7 Å². The number of carbonyl (C=O) groups excluding carboxylic acids is 1. The Morgan fingerprint density at radius 3 is 2.24 bits per heavy atom. The van der Waals surface area contributed by atoms with E-state index < -0.39 is 10.0 Å². The van der Waals surface area contributed by atoms with Gasteiger partial charge in [0.2, 0.25) is 21.9 Å². The van der Waals surface area contributed by atoms with Crippen LogP contribution in [0.1, 0.15) is 36.1 Å². The van der Waals surface area contributed by atoms with Crippen LogP contribution in [-0.2, 0) is 27.7 Å². The number of hydrogen-bond donors (Lipinski definition) is 0. The van der Waals surface area contributed by atoms with E-state index in [0.717, 1.165) is 47.8 Å². The summed E-state index contributed by atoms with van der Waals surface area (Å²) in [5.74, 6) is 1.80. The van der Waals surface area contributed by atoms with E-state index in [0.29, 0.717) is 56.4 Å². The number of piperazine rings is 1. The second kappa shape index (κ2) is 8.20. The molecule has 1 aromatic heterocycles. The van der Waals surface area contributed by atoms with E-state index in [4.69, 9.17) is 4.98 Å². The molecule has 9 nitrogen and oxygen atoms in total. The zero-order chi connectivity index (χ0) is 23.4. The number of aromatic nitrogens is 2. The van der Waals surface area contributed by atoms with Crippen molar-refractivity contribution >= 4 is 33.4 Å². The van der Waals surface area contributed by atoms with E-state index >= 15 is 0 Å². The van der Waals surface area contributed by atoms with Gasteiger partial charge in [0.25, 0.3) is 0 Å². The number of carbonyl (C=O) groups is 1. The van der Waals surface area contributed by atoms with Crippen molar-refractivity contribution in [2.45, 2.75) is 43.9 Å². The summed E-state index contributed by atoms with van der Waals surface area (Å²) in [6, 6.07) is 5.60. The average Bonchev–Trinajstić information content (AvgIpc) is 3.52. The molecule has 0 aliphatic carbocycles. The molecule has 2 aromatic rings. The topological polar surface area (TPSA) is 90.0 Å². The predicted octanol–water partition coefficient (Wildman–Crippen LogP) is 1.73. The van der Waals surface area contributed by atoms with Crippen LogP contribution in [0.4, 0.5) is 17.5 Å². The molecule has 10 heteroatoms. The molecule has 1 amide bonds. The van der Waals surface area contributed by atoms with Crippen LogP contribution in [0.25, 0.3) is 0 Å². The Labute approximate surface area is 200 Å². The number of sulfonamides is 1. The van der Waals surface area contributed by atoms with Gasteiger partial charge in [0.05, 0.1) is 10.6 Å². The summed E-state index contributed by atoms with van der Waals surface area (Å²) in [7, 11) is -3.60. The third-order valence-electron chi connectivity index (χ3n) is 7.44. The molecule has 0 unspecified atom stereocenters. The molecule has 0 bridgehead atoms. The van der Waals surface area contributed by atoms with Gasteiger partial charge in [0.1, 0.15) is 5.82 Å². The number of amides is 1. The first-order valence-electron chi connectivity index (χ1n) is 12.2. The molecule has 0 atom stereocenters. The van der Waals surface area contributed by atoms with Gasteiger partial charge in [-0.3, -0.25) is 4.79 Å². The second-order valence-corrected chi connectivity index (χ2v) is 11.6. The van der Waals surface area contributed by atoms with E-state index in [9.17, 15) is 13.2 Å². The second-order valence-electron chi connectivity index (χ2n) is 9.64. The summed E-state index contributed by atoms with van der Waals surface area (Å²) in [6.45, 7) is 6.60.